The minimum Gasteiger partial charge on any atom is -0.358 e. The third-order valence-corrected chi connectivity index (χ3v) is 5.20. The molecule has 0 bridgehead atoms. The SMILES string of the molecule is O=S(=O)(Nc1ccc(C(F)(F)F)c2c(Cl)c[nH]c12)c1cnn(CC(F)F)c1. The second kappa shape index (κ2) is 6.68. The van der Waals surface area contributed by atoms with Crippen molar-refractivity contribution in [2.75, 3.05) is 4.72 Å². The van der Waals surface area contributed by atoms with Gasteiger partial charge in [-0.3, -0.25) is 9.40 Å². The number of rotatable bonds is 5. The van der Waals surface area contributed by atoms with Crippen LogP contribution < -0.4 is 4.72 Å². The molecule has 3 rings (SSSR count). The van der Waals surface area contributed by atoms with Crippen molar-refractivity contribution in [3.63, 3.8) is 0 Å². The number of alkyl halides is 5. The maximum atomic E-state index is 13.1. The molecule has 0 radical (unpaired) electrons. The Bertz CT molecular complexity index is 1090. The summed E-state index contributed by atoms with van der Waals surface area (Å²) in [5, 5.41) is 2.89. The Kier molecular flexibility index (Phi) is 4.80. The smallest absolute Gasteiger partial charge is 0.358 e. The van der Waals surface area contributed by atoms with Gasteiger partial charge in [-0.05, 0) is 12.1 Å². The lowest BCUT2D eigenvalue weighted by Crippen LogP contribution is -2.14. The lowest BCUT2D eigenvalue weighted by Gasteiger charge is -2.12. The molecule has 6 nitrogen and oxygen atoms in total. The van der Waals surface area contributed by atoms with Gasteiger partial charge in [-0.25, -0.2) is 17.2 Å². The fourth-order valence-corrected chi connectivity index (χ4v) is 3.73. The van der Waals surface area contributed by atoms with E-state index in [1.165, 1.54) is 0 Å². The number of benzene rings is 1. The molecule has 0 amide bonds. The molecular formula is C14H10ClF5N4O2S. The number of hydrogen-bond acceptors (Lipinski definition) is 3. The highest BCUT2D eigenvalue weighted by molar-refractivity contribution is 7.92. The number of nitrogens with one attached hydrogen (secondary N) is 2. The summed E-state index contributed by atoms with van der Waals surface area (Å²) in [7, 11) is -4.28. The van der Waals surface area contributed by atoms with Crippen LogP contribution in [0.2, 0.25) is 5.02 Å². The Morgan fingerprint density at radius 2 is 2.00 bits per heavy atom. The summed E-state index contributed by atoms with van der Waals surface area (Å²) in [6.45, 7) is -0.799. The molecule has 2 N–H and O–H groups in total. The van der Waals surface area contributed by atoms with Crippen molar-refractivity contribution < 1.29 is 30.4 Å². The lowest BCUT2D eigenvalue weighted by molar-refractivity contribution is -0.136. The maximum absolute atomic E-state index is 13.1. The van der Waals surface area contributed by atoms with Gasteiger partial charge in [0.2, 0.25) is 0 Å². The third-order valence-electron chi connectivity index (χ3n) is 3.58. The van der Waals surface area contributed by atoms with E-state index in [0.29, 0.717) is 6.07 Å². The van der Waals surface area contributed by atoms with E-state index in [0.717, 1.165) is 29.3 Å². The Labute approximate surface area is 154 Å². The number of nitrogens with zero attached hydrogens (tertiary/aromatic N) is 2. The number of anilines is 1. The number of sulfonamides is 1. The highest BCUT2D eigenvalue weighted by Crippen LogP contribution is 2.40. The molecule has 2 aromatic heterocycles. The van der Waals surface area contributed by atoms with E-state index in [4.69, 9.17) is 11.6 Å². The molecular weight excluding hydrogens is 419 g/mol. The summed E-state index contributed by atoms with van der Waals surface area (Å²) in [4.78, 5) is 2.07. The van der Waals surface area contributed by atoms with Crippen LogP contribution in [0.4, 0.5) is 27.6 Å². The molecule has 0 spiro atoms. The molecule has 0 saturated carbocycles. The summed E-state index contributed by atoms with van der Waals surface area (Å²) < 4.78 is 91.8. The molecule has 146 valence electrons. The number of aromatic nitrogens is 3. The van der Waals surface area contributed by atoms with Crippen molar-refractivity contribution in [3.8, 4) is 0 Å². The Morgan fingerprint density at radius 1 is 1.30 bits per heavy atom. The Morgan fingerprint density at radius 3 is 2.63 bits per heavy atom. The minimum atomic E-state index is -4.70. The first-order chi connectivity index (χ1) is 12.5. The number of hydrogen-bond donors (Lipinski definition) is 2. The standard InChI is InChI=1S/C14H10ClF5N4O2S/c15-9-4-21-13-10(2-1-8(12(9)13)14(18,19)20)23-27(25,26)7-3-22-24(5-7)6-11(16)17/h1-5,11,21,23H,6H2. The van der Waals surface area contributed by atoms with Gasteiger partial charge >= 0.3 is 6.18 Å². The highest BCUT2D eigenvalue weighted by Gasteiger charge is 2.34. The molecule has 27 heavy (non-hydrogen) atoms. The zero-order chi connectivity index (χ0) is 20.0. The average molecular weight is 429 g/mol. The summed E-state index contributed by atoms with van der Waals surface area (Å²) >= 11 is 5.80. The predicted molar refractivity (Wildman–Crippen MR) is 87.4 cm³/mol. The van der Waals surface area contributed by atoms with Gasteiger partial charge in [-0.1, -0.05) is 11.6 Å². The van der Waals surface area contributed by atoms with Crippen molar-refractivity contribution >= 4 is 38.2 Å². The Hall–Kier alpha value is -2.34. The van der Waals surface area contributed by atoms with Crippen LogP contribution in [0.1, 0.15) is 5.56 Å². The van der Waals surface area contributed by atoms with E-state index in [-0.39, 0.29) is 16.2 Å². The zero-order valence-corrected chi connectivity index (χ0v) is 14.6. The van der Waals surface area contributed by atoms with Gasteiger partial charge in [-0.15, -0.1) is 0 Å². The first-order valence-corrected chi connectivity index (χ1v) is 9.05. The van der Waals surface area contributed by atoms with Gasteiger partial charge in [0, 0.05) is 17.8 Å². The summed E-state index contributed by atoms with van der Waals surface area (Å²) in [6, 6.07) is 1.62. The Balaban J connectivity index is 2.00. The number of halogens is 6. The van der Waals surface area contributed by atoms with Gasteiger partial charge < -0.3 is 4.98 Å². The van der Waals surface area contributed by atoms with Crippen molar-refractivity contribution in [1.82, 2.24) is 14.8 Å². The largest absolute Gasteiger partial charge is 0.417 e. The average Bonchev–Trinajstić information content (AvgIpc) is 3.14. The summed E-state index contributed by atoms with van der Waals surface area (Å²) in [6.07, 6.45) is -4.59. The van der Waals surface area contributed by atoms with E-state index in [1.807, 2.05) is 0 Å². The number of H-pyrrole nitrogens is 1. The van der Waals surface area contributed by atoms with E-state index < -0.39 is 45.0 Å². The lowest BCUT2D eigenvalue weighted by atomic mass is 10.1. The van der Waals surface area contributed by atoms with Crippen LogP contribution in [0, 0.1) is 0 Å². The normalized spacial score (nSPS) is 12.9. The predicted octanol–water partition coefficient (Wildman–Crippen LogP) is 4.10. The van der Waals surface area contributed by atoms with Crippen LogP contribution >= 0.6 is 11.6 Å². The molecule has 0 aliphatic rings. The second-order valence-electron chi connectivity index (χ2n) is 5.44. The minimum absolute atomic E-state index is 0.168. The molecule has 0 aliphatic carbocycles. The van der Waals surface area contributed by atoms with Gasteiger partial charge in [0.25, 0.3) is 16.4 Å². The first-order valence-electron chi connectivity index (χ1n) is 7.19. The molecule has 0 unspecified atom stereocenters. The topological polar surface area (TPSA) is 79.8 Å². The second-order valence-corrected chi connectivity index (χ2v) is 7.53. The monoisotopic (exact) mass is 428 g/mol. The van der Waals surface area contributed by atoms with Crippen LogP contribution in [0.5, 0.6) is 0 Å². The van der Waals surface area contributed by atoms with Crippen molar-refractivity contribution in [2.45, 2.75) is 24.0 Å². The van der Waals surface area contributed by atoms with E-state index in [9.17, 15) is 30.4 Å². The molecule has 13 heteroatoms. The van der Waals surface area contributed by atoms with Gasteiger partial charge in [0.15, 0.2) is 0 Å². The van der Waals surface area contributed by atoms with E-state index in [2.05, 4.69) is 14.8 Å². The fraction of sp³-hybridized carbons (Fsp3) is 0.214. The number of fused-ring (bicyclic) bond motifs is 1. The molecule has 3 aromatic rings. The van der Waals surface area contributed by atoms with Gasteiger partial charge in [0.1, 0.15) is 11.4 Å². The van der Waals surface area contributed by atoms with Gasteiger partial charge in [-0.2, -0.15) is 18.3 Å². The molecule has 1 aromatic carbocycles. The van der Waals surface area contributed by atoms with Crippen LogP contribution in [-0.2, 0) is 22.7 Å². The van der Waals surface area contributed by atoms with Crippen molar-refractivity contribution in [1.29, 1.82) is 0 Å². The maximum Gasteiger partial charge on any atom is 0.417 e. The molecule has 0 saturated heterocycles. The van der Waals surface area contributed by atoms with E-state index >= 15 is 0 Å². The zero-order valence-electron chi connectivity index (χ0n) is 13.1. The van der Waals surface area contributed by atoms with Crippen LogP contribution in [0.15, 0.2) is 35.6 Å². The molecule has 0 atom stereocenters. The molecule has 0 aliphatic heterocycles. The van der Waals surface area contributed by atoms with Crippen LogP contribution in [-0.4, -0.2) is 29.6 Å². The molecule has 2 heterocycles. The summed E-state index contributed by atoms with van der Waals surface area (Å²) in [5.74, 6) is 0. The first kappa shape index (κ1) is 19.4. The fourth-order valence-electron chi connectivity index (χ4n) is 2.46. The van der Waals surface area contributed by atoms with Gasteiger partial charge in [0.05, 0.1) is 28.0 Å². The highest BCUT2D eigenvalue weighted by atomic mass is 35.5. The molecule has 0 fully saturated rings. The number of aromatic amines is 1. The van der Waals surface area contributed by atoms with Crippen molar-refractivity contribution in [2.24, 2.45) is 0 Å². The third kappa shape index (κ3) is 3.86. The summed E-state index contributed by atoms with van der Waals surface area (Å²) in [5.41, 5.74) is -1.39. The van der Waals surface area contributed by atoms with E-state index in [1.54, 1.807) is 0 Å². The van der Waals surface area contributed by atoms with Crippen molar-refractivity contribution in [3.05, 3.63) is 41.3 Å². The van der Waals surface area contributed by atoms with Crippen LogP contribution in [0.3, 0.4) is 0 Å². The van der Waals surface area contributed by atoms with Crippen LogP contribution in [0.25, 0.3) is 10.9 Å². The quantitative estimate of drug-likeness (QED) is 0.600.